The summed E-state index contributed by atoms with van der Waals surface area (Å²) >= 11 is 0. The van der Waals surface area contributed by atoms with Crippen LogP contribution in [0.4, 0.5) is 0 Å². The second-order valence-electron chi connectivity index (χ2n) is 6.83. The molecule has 1 aromatic carbocycles. The van der Waals surface area contributed by atoms with Crippen LogP contribution in [0, 0.1) is 12.8 Å². The van der Waals surface area contributed by atoms with Gasteiger partial charge in [0, 0.05) is 37.7 Å². The molecule has 1 heterocycles. The highest BCUT2D eigenvalue weighted by atomic mass is 32.2. The van der Waals surface area contributed by atoms with E-state index in [0.717, 1.165) is 24.8 Å². The zero-order valence-corrected chi connectivity index (χ0v) is 14.9. The lowest BCUT2D eigenvalue weighted by Crippen LogP contribution is -2.47. The van der Waals surface area contributed by atoms with E-state index in [2.05, 4.69) is 17.5 Å². The van der Waals surface area contributed by atoms with Gasteiger partial charge in [0.15, 0.2) is 0 Å². The normalized spacial score (nSPS) is 26.1. The van der Waals surface area contributed by atoms with Crippen LogP contribution in [0.1, 0.15) is 24.8 Å². The number of hydrogen-bond acceptors (Lipinski definition) is 4. The summed E-state index contributed by atoms with van der Waals surface area (Å²) in [4.78, 5) is 0.379. The lowest BCUT2D eigenvalue weighted by molar-refractivity contribution is 0.237. The SMILES string of the molecule is Cc1ccc(S(=O)(=O)N2CCC(N[C@@H]3C=C[C@H](CO)C3)CC2)cc1. The first-order valence-electron chi connectivity index (χ1n) is 8.61. The molecule has 1 aliphatic heterocycles. The maximum absolute atomic E-state index is 12.7. The molecule has 1 fully saturated rings. The van der Waals surface area contributed by atoms with Gasteiger partial charge in [-0.3, -0.25) is 0 Å². The van der Waals surface area contributed by atoms with Gasteiger partial charge in [-0.1, -0.05) is 29.8 Å². The smallest absolute Gasteiger partial charge is 0.243 e. The average Bonchev–Trinajstić information content (AvgIpc) is 3.03. The van der Waals surface area contributed by atoms with Crippen LogP contribution in [0.5, 0.6) is 0 Å². The second kappa shape index (κ2) is 7.35. The average molecular weight is 350 g/mol. The van der Waals surface area contributed by atoms with E-state index in [1.54, 1.807) is 16.4 Å². The molecule has 0 saturated carbocycles. The van der Waals surface area contributed by atoms with Gasteiger partial charge in [-0.25, -0.2) is 8.42 Å². The van der Waals surface area contributed by atoms with Gasteiger partial charge in [-0.05, 0) is 38.3 Å². The number of benzene rings is 1. The summed E-state index contributed by atoms with van der Waals surface area (Å²) in [6.45, 7) is 3.25. The summed E-state index contributed by atoms with van der Waals surface area (Å²) in [7, 11) is -3.38. The van der Waals surface area contributed by atoms with Crippen molar-refractivity contribution in [1.29, 1.82) is 0 Å². The summed E-state index contributed by atoms with van der Waals surface area (Å²) in [6, 6.07) is 7.69. The van der Waals surface area contributed by atoms with Gasteiger partial charge < -0.3 is 10.4 Å². The van der Waals surface area contributed by atoms with Gasteiger partial charge in [-0.15, -0.1) is 0 Å². The maximum Gasteiger partial charge on any atom is 0.243 e. The molecule has 6 heteroatoms. The van der Waals surface area contributed by atoms with E-state index in [0.29, 0.717) is 30.1 Å². The third kappa shape index (κ3) is 3.88. The van der Waals surface area contributed by atoms with E-state index in [4.69, 9.17) is 0 Å². The Kier molecular flexibility index (Phi) is 5.39. The highest BCUT2D eigenvalue weighted by Gasteiger charge is 2.30. The van der Waals surface area contributed by atoms with E-state index < -0.39 is 10.0 Å². The molecule has 0 bridgehead atoms. The Morgan fingerprint density at radius 3 is 2.42 bits per heavy atom. The predicted molar refractivity (Wildman–Crippen MR) is 94.2 cm³/mol. The fourth-order valence-electron chi connectivity index (χ4n) is 3.46. The molecule has 2 atom stereocenters. The molecule has 2 N–H and O–H groups in total. The van der Waals surface area contributed by atoms with Gasteiger partial charge in [0.05, 0.1) is 4.90 Å². The fraction of sp³-hybridized carbons (Fsp3) is 0.556. The topological polar surface area (TPSA) is 69.6 Å². The maximum atomic E-state index is 12.7. The number of sulfonamides is 1. The molecule has 0 radical (unpaired) electrons. The van der Waals surface area contributed by atoms with Crippen molar-refractivity contribution in [3.8, 4) is 0 Å². The van der Waals surface area contributed by atoms with Gasteiger partial charge in [0.1, 0.15) is 0 Å². The van der Waals surface area contributed by atoms with Crippen molar-refractivity contribution in [2.24, 2.45) is 5.92 Å². The lowest BCUT2D eigenvalue weighted by atomic mass is 10.0. The van der Waals surface area contributed by atoms with Crippen LogP contribution >= 0.6 is 0 Å². The summed E-state index contributed by atoms with van der Waals surface area (Å²) in [5, 5.41) is 12.8. The highest BCUT2D eigenvalue weighted by molar-refractivity contribution is 7.89. The molecular formula is C18H26N2O3S. The predicted octanol–water partition coefficient (Wildman–Crippen LogP) is 1.67. The first-order valence-corrected chi connectivity index (χ1v) is 10.0. The number of aryl methyl sites for hydroxylation is 1. The molecule has 2 aliphatic rings. The van der Waals surface area contributed by atoms with Gasteiger partial charge in [-0.2, -0.15) is 4.31 Å². The minimum atomic E-state index is -3.38. The molecule has 0 unspecified atom stereocenters. The zero-order chi connectivity index (χ0) is 17.2. The summed E-state index contributed by atoms with van der Waals surface area (Å²) in [6.07, 6.45) is 6.75. The van der Waals surface area contributed by atoms with Gasteiger partial charge in [0.25, 0.3) is 0 Å². The molecule has 5 nitrogen and oxygen atoms in total. The third-order valence-electron chi connectivity index (χ3n) is 4.97. The minimum Gasteiger partial charge on any atom is -0.396 e. The van der Waals surface area contributed by atoms with E-state index in [1.165, 1.54) is 0 Å². The minimum absolute atomic E-state index is 0.196. The quantitative estimate of drug-likeness (QED) is 0.793. The Labute approximate surface area is 144 Å². The molecule has 24 heavy (non-hydrogen) atoms. The summed E-state index contributed by atoms with van der Waals surface area (Å²) < 4.78 is 27.0. The Hall–Kier alpha value is -1.21. The third-order valence-corrected chi connectivity index (χ3v) is 6.88. The summed E-state index contributed by atoms with van der Waals surface area (Å²) in [5.74, 6) is 0.254. The van der Waals surface area contributed by atoms with E-state index in [1.807, 2.05) is 19.1 Å². The highest BCUT2D eigenvalue weighted by Crippen LogP contribution is 2.23. The van der Waals surface area contributed by atoms with Crippen molar-refractivity contribution in [3.63, 3.8) is 0 Å². The Morgan fingerprint density at radius 2 is 1.83 bits per heavy atom. The van der Waals surface area contributed by atoms with Crippen LogP contribution in [0.2, 0.25) is 0 Å². The second-order valence-corrected chi connectivity index (χ2v) is 8.77. The monoisotopic (exact) mass is 350 g/mol. The van der Waals surface area contributed by atoms with Crippen LogP contribution in [-0.4, -0.2) is 49.6 Å². The number of nitrogens with one attached hydrogen (secondary N) is 1. The van der Waals surface area contributed by atoms with E-state index in [9.17, 15) is 13.5 Å². The van der Waals surface area contributed by atoms with Crippen LogP contribution in [-0.2, 0) is 10.0 Å². The molecule has 132 valence electrons. The van der Waals surface area contributed by atoms with Crippen molar-refractivity contribution in [1.82, 2.24) is 9.62 Å². The lowest BCUT2D eigenvalue weighted by Gasteiger charge is -2.33. The largest absolute Gasteiger partial charge is 0.396 e. The molecule has 1 aliphatic carbocycles. The van der Waals surface area contributed by atoms with Crippen molar-refractivity contribution in [3.05, 3.63) is 42.0 Å². The fourth-order valence-corrected chi connectivity index (χ4v) is 4.93. The van der Waals surface area contributed by atoms with E-state index >= 15 is 0 Å². The van der Waals surface area contributed by atoms with Crippen LogP contribution in [0.25, 0.3) is 0 Å². The zero-order valence-electron chi connectivity index (χ0n) is 14.1. The molecule has 0 amide bonds. The Morgan fingerprint density at radius 1 is 1.17 bits per heavy atom. The molecule has 3 rings (SSSR count). The molecule has 0 aromatic heterocycles. The summed E-state index contributed by atoms with van der Waals surface area (Å²) in [5.41, 5.74) is 1.06. The number of aliphatic hydroxyl groups excluding tert-OH is 1. The molecule has 1 saturated heterocycles. The van der Waals surface area contributed by atoms with Crippen LogP contribution < -0.4 is 5.32 Å². The standard InChI is InChI=1S/C18H26N2O3S/c1-14-2-6-18(7-3-14)24(22,23)20-10-8-16(9-11-20)19-17-5-4-15(12-17)13-21/h2-7,15-17,19,21H,8-13H2,1H3/t15-,17+/m0/s1. The number of piperidine rings is 1. The van der Waals surface area contributed by atoms with Crippen LogP contribution in [0.3, 0.4) is 0 Å². The Bertz CT molecular complexity index is 677. The molecule has 0 spiro atoms. The van der Waals surface area contributed by atoms with Crippen LogP contribution in [0.15, 0.2) is 41.3 Å². The van der Waals surface area contributed by atoms with E-state index in [-0.39, 0.29) is 12.5 Å². The number of nitrogens with zero attached hydrogens (tertiary/aromatic N) is 1. The van der Waals surface area contributed by atoms with Crippen molar-refractivity contribution in [2.45, 2.75) is 43.2 Å². The number of aliphatic hydroxyl groups is 1. The van der Waals surface area contributed by atoms with Gasteiger partial charge >= 0.3 is 0 Å². The number of rotatable bonds is 5. The first kappa shape index (κ1) is 17.6. The molecular weight excluding hydrogens is 324 g/mol. The molecule has 1 aromatic rings. The van der Waals surface area contributed by atoms with Crippen molar-refractivity contribution in [2.75, 3.05) is 19.7 Å². The number of hydrogen-bond donors (Lipinski definition) is 2. The van der Waals surface area contributed by atoms with Gasteiger partial charge in [0.2, 0.25) is 10.0 Å². The Balaban J connectivity index is 1.55. The first-order chi connectivity index (χ1) is 11.5. The van der Waals surface area contributed by atoms with Crippen molar-refractivity contribution < 1.29 is 13.5 Å². The van der Waals surface area contributed by atoms with Crippen molar-refractivity contribution >= 4 is 10.0 Å².